The molecule has 1 aliphatic rings. The smallest absolute Gasteiger partial charge is 0.305 e. The lowest BCUT2D eigenvalue weighted by molar-refractivity contribution is -0.302. The summed E-state index contributed by atoms with van der Waals surface area (Å²) < 4.78 is 16.6. The number of ether oxygens (including phenoxy) is 3. The van der Waals surface area contributed by atoms with Crippen LogP contribution in [0.2, 0.25) is 0 Å². The molecule has 1 fully saturated rings. The minimum absolute atomic E-state index is 0.0372. The van der Waals surface area contributed by atoms with Gasteiger partial charge < -0.3 is 45.1 Å². The van der Waals surface area contributed by atoms with Crippen molar-refractivity contribution in [2.45, 2.75) is 262 Å². The van der Waals surface area contributed by atoms with Crippen LogP contribution in [0.3, 0.4) is 0 Å². The first kappa shape index (κ1) is 64.1. The largest absolute Gasteiger partial charge is 0.466 e. The van der Waals surface area contributed by atoms with E-state index in [4.69, 9.17) is 14.2 Å². The van der Waals surface area contributed by atoms with E-state index in [0.29, 0.717) is 25.9 Å². The second-order valence-corrected chi connectivity index (χ2v) is 18.9. The maximum Gasteiger partial charge on any atom is 0.305 e. The van der Waals surface area contributed by atoms with Crippen LogP contribution in [0.4, 0.5) is 0 Å². The van der Waals surface area contributed by atoms with Gasteiger partial charge in [-0.2, -0.15) is 0 Å². The summed E-state index contributed by atoms with van der Waals surface area (Å²) in [5.74, 6) is -0.257. The monoisotopic (exact) mass is 972 g/mol. The molecule has 1 amide bonds. The molecule has 398 valence electrons. The number of aliphatic hydroxyl groups is 5. The molecule has 1 heterocycles. The Hall–Kier alpha value is -2.90. The summed E-state index contributed by atoms with van der Waals surface area (Å²) in [6, 6.07) is -0.847. The zero-order valence-corrected chi connectivity index (χ0v) is 43.5. The molecule has 7 unspecified atom stereocenters. The van der Waals surface area contributed by atoms with Crippen molar-refractivity contribution in [3.63, 3.8) is 0 Å². The number of unbranched alkanes of at least 4 members (excludes halogenated alkanes) is 23. The Bertz CT molecular complexity index is 1380. The van der Waals surface area contributed by atoms with E-state index in [1.807, 2.05) is 19.1 Å². The van der Waals surface area contributed by atoms with Gasteiger partial charge >= 0.3 is 5.97 Å². The van der Waals surface area contributed by atoms with Gasteiger partial charge in [0.15, 0.2) is 6.29 Å². The average Bonchev–Trinajstić information content (AvgIpc) is 3.34. The van der Waals surface area contributed by atoms with Crippen molar-refractivity contribution >= 4 is 11.9 Å². The SMILES string of the molecule is C/C=C/CC/C=C/CC/C=C/C(O)C(COC1OC(CO)C(O)C(O)C1O)NC(=O)CCCCCCC/C=C\CCCCCCCCCOC(=O)CCCCCCC/C=C\C/C=C\CCCCCC. The van der Waals surface area contributed by atoms with E-state index >= 15 is 0 Å². The molecule has 0 bridgehead atoms. The number of nitrogens with one attached hydrogen (secondary N) is 1. The van der Waals surface area contributed by atoms with Gasteiger partial charge in [-0.1, -0.05) is 170 Å². The Balaban J connectivity index is 2.09. The minimum atomic E-state index is -1.59. The Kier molecular flexibility index (Phi) is 44.1. The van der Waals surface area contributed by atoms with Gasteiger partial charge in [0.05, 0.1) is 32.0 Å². The quantitative estimate of drug-likeness (QED) is 0.0196. The molecule has 11 nitrogen and oxygen atoms in total. The Labute approximate surface area is 420 Å². The normalized spacial score (nSPS) is 19.9. The lowest BCUT2D eigenvalue weighted by atomic mass is 9.99. The molecule has 1 aliphatic heterocycles. The van der Waals surface area contributed by atoms with E-state index in [1.54, 1.807) is 6.08 Å². The minimum Gasteiger partial charge on any atom is -0.466 e. The maximum absolute atomic E-state index is 13.0. The highest BCUT2D eigenvalue weighted by Gasteiger charge is 2.44. The summed E-state index contributed by atoms with van der Waals surface area (Å²) in [5, 5.41) is 54.0. The fourth-order valence-corrected chi connectivity index (χ4v) is 8.14. The second kappa shape index (κ2) is 47.4. The third-order valence-corrected chi connectivity index (χ3v) is 12.6. The number of allylic oxidation sites excluding steroid dienone is 11. The third kappa shape index (κ3) is 37.5. The number of rotatable bonds is 46. The van der Waals surface area contributed by atoms with Crippen LogP contribution >= 0.6 is 0 Å². The molecule has 0 saturated carbocycles. The maximum atomic E-state index is 13.0. The Morgan fingerprint density at radius 2 is 1.04 bits per heavy atom. The molecule has 1 saturated heterocycles. The van der Waals surface area contributed by atoms with Crippen molar-refractivity contribution < 1.29 is 49.3 Å². The first-order chi connectivity index (χ1) is 33.7. The molecule has 0 aromatic carbocycles. The third-order valence-electron chi connectivity index (χ3n) is 12.6. The predicted octanol–water partition coefficient (Wildman–Crippen LogP) is 12.1. The highest BCUT2D eigenvalue weighted by molar-refractivity contribution is 5.76. The fraction of sp³-hybridized carbons (Fsp3) is 0.759. The van der Waals surface area contributed by atoms with Crippen LogP contribution in [0.25, 0.3) is 0 Å². The van der Waals surface area contributed by atoms with Crippen LogP contribution in [-0.2, 0) is 23.8 Å². The lowest BCUT2D eigenvalue weighted by Crippen LogP contribution is -2.60. The van der Waals surface area contributed by atoms with Gasteiger partial charge in [-0.25, -0.2) is 0 Å². The number of esters is 1. The van der Waals surface area contributed by atoms with Crippen LogP contribution < -0.4 is 5.32 Å². The molecular formula is C58H101NO10. The predicted molar refractivity (Wildman–Crippen MR) is 283 cm³/mol. The zero-order valence-electron chi connectivity index (χ0n) is 43.5. The summed E-state index contributed by atoms with van der Waals surface area (Å²) in [5.41, 5.74) is 0. The number of carbonyl (C=O) groups excluding carboxylic acids is 2. The summed E-state index contributed by atoms with van der Waals surface area (Å²) in [6.45, 7) is 4.00. The van der Waals surface area contributed by atoms with E-state index in [9.17, 15) is 35.1 Å². The molecule has 0 spiro atoms. The second-order valence-electron chi connectivity index (χ2n) is 18.9. The topological polar surface area (TPSA) is 175 Å². The number of carbonyl (C=O) groups is 2. The van der Waals surface area contributed by atoms with Crippen molar-refractivity contribution in [1.29, 1.82) is 0 Å². The molecule has 7 atom stereocenters. The van der Waals surface area contributed by atoms with Gasteiger partial charge in [0, 0.05) is 12.8 Å². The molecule has 69 heavy (non-hydrogen) atoms. The zero-order chi connectivity index (χ0) is 50.3. The average molecular weight is 972 g/mol. The van der Waals surface area contributed by atoms with Crippen molar-refractivity contribution in [2.75, 3.05) is 19.8 Å². The fourth-order valence-electron chi connectivity index (χ4n) is 8.14. The standard InChI is InChI=1S/C58H101NO10/c1-3-5-7-9-11-13-14-15-16-20-23-26-30-34-38-42-46-54(63)67-47-43-39-35-31-27-24-21-18-17-19-22-25-29-33-37-41-45-53(62)59-50(51(61)44-40-36-32-28-12-10-8-6-4-2)49-68-58-57(66)56(65)55(64)52(48-60)69-58/h4,6,12-14,16-17,19-20,28,40,44,50-52,55-58,60-61,64-66H,3,5,7-11,15,18,21-27,29-39,41-43,45-49H2,1-2H3,(H,59,62)/b6-4+,14-13-,19-17-,20-16-,28-12+,44-40+. The van der Waals surface area contributed by atoms with Gasteiger partial charge in [-0.05, 0) is 110 Å². The molecule has 0 aliphatic carbocycles. The van der Waals surface area contributed by atoms with E-state index < -0.39 is 49.5 Å². The summed E-state index contributed by atoms with van der Waals surface area (Å²) in [6.07, 6.45) is 51.6. The van der Waals surface area contributed by atoms with Crippen LogP contribution in [0.15, 0.2) is 72.9 Å². The van der Waals surface area contributed by atoms with E-state index in [2.05, 4.69) is 66.9 Å². The summed E-state index contributed by atoms with van der Waals surface area (Å²) >= 11 is 0. The number of hydrogen-bond donors (Lipinski definition) is 6. The van der Waals surface area contributed by atoms with Gasteiger partial charge in [0.25, 0.3) is 0 Å². The number of aliphatic hydroxyl groups excluding tert-OH is 5. The van der Waals surface area contributed by atoms with Crippen LogP contribution in [0.1, 0.15) is 219 Å². The molecule has 1 rings (SSSR count). The molecule has 0 radical (unpaired) electrons. The molecular weight excluding hydrogens is 871 g/mol. The van der Waals surface area contributed by atoms with E-state index in [1.165, 1.54) is 83.5 Å². The van der Waals surface area contributed by atoms with Gasteiger partial charge in [-0.3, -0.25) is 9.59 Å². The molecule has 11 heteroatoms. The van der Waals surface area contributed by atoms with Crippen molar-refractivity contribution in [1.82, 2.24) is 5.32 Å². The summed E-state index contributed by atoms with van der Waals surface area (Å²) in [4.78, 5) is 25.0. The van der Waals surface area contributed by atoms with Gasteiger partial charge in [0.1, 0.15) is 24.4 Å². The number of hydrogen-bond acceptors (Lipinski definition) is 10. The molecule has 0 aromatic rings. The number of amides is 1. The highest BCUT2D eigenvalue weighted by atomic mass is 16.7. The lowest BCUT2D eigenvalue weighted by Gasteiger charge is -2.40. The Morgan fingerprint density at radius 1 is 0.565 bits per heavy atom. The van der Waals surface area contributed by atoms with Crippen LogP contribution in [0.5, 0.6) is 0 Å². The van der Waals surface area contributed by atoms with E-state index in [0.717, 1.165) is 103 Å². The van der Waals surface area contributed by atoms with Crippen molar-refractivity contribution in [3.05, 3.63) is 72.9 Å². The van der Waals surface area contributed by atoms with Crippen LogP contribution in [-0.4, -0.2) is 100 Å². The first-order valence-electron chi connectivity index (χ1n) is 27.7. The molecule has 0 aromatic heterocycles. The van der Waals surface area contributed by atoms with Crippen LogP contribution in [0, 0.1) is 0 Å². The van der Waals surface area contributed by atoms with E-state index in [-0.39, 0.29) is 18.5 Å². The van der Waals surface area contributed by atoms with Gasteiger partial charge in [-0.15, -0.1) is 0 Å². The highest BCUT2D eigenvalue weighted by Crippen LogP contribution is 2.23. The van der Waals surface area contributed by atoms with Gasteiger partial charge in [0.2, 0.25) is 5.91 Å². The summed E-state index contributed by atoms with van der Waals surface area (Å²) in [7, 11) is 0. The first-order valence-corrected chi connectivity index (χ1v) is 27.7. The molecule has 6 N–H and O–H groups in total. The Morgan fingerprint density at radius 3 is 1.61 bits per heavy atom. The van der Waals surface area contributed by atoms with Crippen molar-refractivity contribution in [2.24, 2.45) is 0 Å². The van der Waals surface area contributed by atoms with Crippen molar-refractivity contribution in [3.8, 4) is 0 Å².